The molecule has 2 amide bonds. The van der Waals surface area contributed by atoms with E-state index in [9.17, 15) is 9.59 Å². The number of hydrogen-bond acceptors (Lipinski definition) is 5. The predicted octanol–water partition coefficient (Wildman–Crippen LogP) is 3.96. The molecule has 0 spiro atoms. The summed E-state index contributed by atoms with van der Waals surface area (Å²) < 4.78 is 5.14. The Hall–Kier alpha value is -3.68. The van der Waals surface area contributed by atoms with Crippen LogP contribution in [0, 0.1) is 0 Å². The molecule has 1 saturated heterocycles. The SMILES string of the molecule is COc1ccc(C(=O)Nc2ccccc2C(=O)N2CCC(c3nc(C4CC4)n[nH]3)CC2)cc1. The summed E-state index contributed by atoms with van der Waals surface area (Å²) in [5.74, 6) is 3.03. The Labute approximate surface area is 192 Å². The van der Waals surface area contributed by atoms with Gasteiger partial charge in [-0.3, -0.25) is 14.7 Å². The Morgan fingerprint density at radius 2 is 1.73 bits per heavy atom. The molecule has 3 aromatic rings. The molecule has 170 valence electrons. The van der Waals surface area contributed by atoms with Gasteiger partial charge in [-0.05, 0) is 62.1 Å². The van der Waals surface area contributed by atoms with E-state index in [0.29, 0.717) is 47.5 Å². The molecule has 0 unspecified atom stereocenters. The highest BCUT2D eigenvalue weighted by Gasteiger charge is 2.31. The molecule has 2 heterocycles. The average molecular weight is 446 g/mol. The van der Waals surface area contributed by atoms with Crippen LogP contribution in [0.25, 0.3) is 0 Å². The van der Waals surface area contributed by atoms with Gasteiger partial charge in [0.1, 0.15) is 11.6 Å². The quantitative estimate of drug-likeness (QED) is 0.598. The van der Waals surface area contributed by atoms with E-state index in [-0.39, 0.29) is 11.8 Å². The summed E-state index contributed by atoms with van der Waals surface area (Å²) in [6.07, 6.45) is 4.04. The van der Waals surface area contributed by atoms with Crippen molar-refractivity contribution in [2.24, 2.45) is 0 Å². The van der Waals surface area contributed by atoms with E-state index in [4.69, 9.17) is 4.74 Å². The fourth-order valence-electron chi connectivity index (χ4n) is 4.24. The van der Waals surface area contributed by atoms with Crippen LogP contribution in [0.1, 0.15) is 69.9 Å². The van der Waals surface area contributed by atoms with Crippen molar-refractivity contribution in [1.82, 2.24) is 20.1 Å². The minimum absolute atomic E-state index is 0.0738. The fourth-order valence-corrected chi connectivity index (χ4v) is 4.24. The van der Waals surface area contributed by atoms with Gasteiger partial charge in [-0.25, -0.2) is 4.98 Å². The summed E-state index contributed by atoms with van der Waals surface area (Å²) in [6, 6.07) is 14.0. The maximum absolute atomic E-state index is 13.3. The van der Waals surface area contributed by atoms with Crippen molar-refractivity contribution >= 4 is 17.5 Å². The summed E-state index contributed by atoms with van der Waals surface area (Å²) in [7, 11) is 1.58. The number of methoxy groups -OCH3 is 1. The zero-order valence-electron chi connectivity index (χ0n) is 18.6. The Bertz CT molecular complexity index is 1140. The highest BCUT2D eigenvalue weighted by Crippen LogP contribution is 2.38. The van der Waals surface area contributed by atoms with E-state index in [0.717, 1.165) is 24.5 Å². The largest absolute Gasteiger partial charge is 0.497 e. The van der Waals surface area contributed by atoms with E-state index < -0.39 is 0 Å². The number of rotatable bonds is 6. The number of para-hydroxylation sites is 1. The molecule has 2 fully saturated rings. The van der Waals surface area contributed by atoms with Gasteiger partial charge in [0.25, 0.3) is 11.8 Å². The number of carbonyl (C=O) groups is 2. The minimum Gasteiger partial charge on any atom is -0.497 e. The standard InChI is InChI=1S/C25H27N5O3/c1-33-19-10-8-18(9-11-19)24(31)26-21-5-3-2-4-20(21)25(32)30-14-12-17(13-15-30)23-27-22(28-29-23)16-6-7-16/h2-5,8-11,16-17H,6-7,12-15H2,1H3,(H,26,31)(H,27,28,29). The van der Waals surface area contributed by atoms with Crippen LogP contribution in [-0.4, -0.2) is 52.1 Å². The van der Waals surface area contributed by atoms with Gasteiger partial charge < -0.3 is 15.0 Å². The third kappa shape index (κ3) is 4.60. The second-order valence-corrected chi connectivity index (χ2v) is 8.65. The number of aromatic amines is 1. The van der Waals surface area contributed by atoms with Crippen LogP contribution >= 0.6 is 0 Å². The number of H-pyrrole nitrogens is 1. The average Bonchev–Trinajstić information content (AvgIpc) is 3.60. The van der Waals surface area contributed by atoms with Crippen LogP contribution in [0.4, 0.5) is 5.69 Å². The molecule has 5 rings (SSSR count). The van der Waals surface area contributed by atoms with Crippen molar-refractivity contribution < 1.29 is 14.3 Å². The molecule has 8 heteroatoms. The van der Waals surface area contributed by atoms with Crippen LogP contribution in [0.5, 0.6) is 5.75 Å². The summed E-state index contributed by atoms with van der Waals surface area (Å²) in [5, 5.41) is 10.4. The number of nitrogens with zero attached hydrogens (tertiary/aromatic N) is 3. The number of likely N-dealkylation sites (tertiary alicyclic amines) is 1. The third-order valence-corrected chi connectivity index (χ3v) is 6.39. The van der Waals surface area contributed by atoms with Gasteiger partial charge in [-0.1, -0.05) is 12.1 Å². The van der Waals surface area contributed by atoms with Crippen molar-refractivity contribution in [3.05, 3.63) is 71.3 Å². The number of piperidine rings is 1. The summed E-state index contributed by atoms with van der Waals surface area (Å²) in [6.45, 7) is 1.29. The number of aromatic nitrogens is 3. The van der Waals surface area contributed by atoms with E-state index in [1.807, 2.05) is 17.0 Å². The lowest BCUT2D eigenvalue weighted by molar-refractivity contribution is 0.0712. The summed E-state index contributed by atoms with van der Waals surface area (Å²) in [5.41, 5.74) is 1.50. The zero-order valence-corrected chi connectivity index (χ0v) is 18.6. The van der Waals surface area contributed by atoms with E-state index in [2.05, 4.69) is 20.5 Å². The molecular formula is C25H27N5O3. The van der Waals surface area contributed by atoms with Crippen LogP contribution in [-0.2, 0) is 0 Å². The molecule has 0 atom stereocenters. The molecule has 2 aromatic carbocycles. The molecule has 1 aliphatic heterocycles. The Kier molecular flexibility index (Phi) is 5.81. The van der Waals surface area contributed by atoms with Crippen molar-refractivity contribution in [1.29, 1.82) is 0 Å². The number of anilines is 1. The number of hydrogen-bond donors (Lipinski definition) is 2. The number of nitrogens with one attached hydrogen (secondary N) is 2. The van der Waals surface area contributed by atoms with Gasteiger partial charge in [-0.2, -0.15) is 5.10 Å². The lowest BCUT2D eigenvalue weighted by Gasteiger charge is -2.31. The molecular weight excluding hydrogens is 418 g/mol. The van der Waals surface area contributed by atoms with Crippen LogP contribution < -0.4 is 10.1 Å². The minimum atomic E-state index is -0.270. The van der Waals surface area contributed by atoms with Gasteiger partial charge in [0.2, 0.25) is 0 Å². The van der Waals surface area contributed by atoms with E-state index in [1.54, 1.807) is 43.5 Å². The van der Waals surface area contributed by atoms with Crippen LogP contribution in [0.15, 0.2) is 48.5 Å². The highest BCUT2D eigenvalue weighted by molar-refractivity contribution is 6.09. The number of amides is 2. The first kappa shape index (κ1) is 21.2. The Balaban J connectivity index is 1.24. The number of ether oxygens (including phenoxy) is 1. The van der Waals surface area contributed by atoms with Crippen LogP contribution in [0.2, 0.25) is 0 Å². The van der Waals surface area contributed by atoms with Gasteiger partial charge >= 0.3 is 0 Å². The fraction of sp³-hybridized carbons (Fsp3) is 0.360. The topological polar surface area (TPSA) is 100 Å². The Morgan fingerprint density at radius 1 is 1.00 bits per heavy atom. The van der Waals surface area contributed by atoms with E-state index >= 15 is 0 Å². The summed E-state index contributed by atoms with van der Waals surface area (Å²) in [4.78, 5) is 32.6. The molecule has 2 aliphatic rings. The monoisotopic (exact) mass is 445 g/mol. The zero-order chi connectivity index (χ0) is 22.8. The normalized spacial score (nSPS) is 16.5. The highest BCUT2D eigenvalue weighted by atomic mass is 16.5. The lowest BCUT2D eigenvalue weighted by atomic mass is 9.95. The Morgan fingerprint density at radius 3 is 2.42 bits per heavy atom. The molecule has 2 N–H and O–H groups in total. The number of carbonyl (C=O) groups excluding carboxylic acids is 2. The van der Waals surface area contributed by atoms with Crippen molar-refractivity contribution in [3.8, 4) is 5.75 Å². The molecule has 0 bridgehead atoms. The second kappa shape index (κ2) is 9.05. The second-order valence-electron chi connectivity index (χ2n) is 8.65. The smallest absolute Gasteiger partial charge is 0.255 e. The maximum Gasteiger partial charge on any atom is 0.255 e. The lowest BCUT2D eigenvalue weighted by Crippen LogP contribution is -2.38. The van der Waals surface area contributed by atoms with Crippen molar-refractivity contribution in [2.75, 3.05) is 25.5 Å². The first-order valence-corrected chi connectivity index (χ1v) is 11.4. The first-order chi connectivity index (χ1) is 16.1. The van der Waals surface area contributed by atoms with Gasteiger partial charge in [0.05, 0.1) is 18.4 Å². The van der Waals surface area contributed by atoms with Crippen molar-refractivity contribution in [3.63, 3.8) is 0 Å². The van der Waals surface area contributed by atoms with Crippen molar-refractivity contribution in [2.45, 2.75) is 37.5 Å². The van der Waals surface area contributed by atoms with Gasteiger partial charge in [0, 0.05) is 30.5 Å². The molecule has 0 radical (unpaired) electrons. The summed E-state index contributed by atoms with van der Waals surface area (Å²) >= 11 is 0. The maximum atomic E-state index is 13.3. The van der Waals surface area contributed by atoms with Crippen LogP contribution in [0.3, 0.4) is 0 Å². The third-order valence-electron chi connectivity index (χ3n) is 6.39. The molecule has 1 saturated carbocycles. The molecule has 33 heavy (non-hydrogen) atoms. The predicted molar refractivity (Wildman–Crippen MR) is 124 cm³/mol. The van der Waals surface area contributed by atoms with E-state index in [1.165, 1.54) is 12.8 Å². The molecule has 1 aliphatic carbocycles. The van der Waals surface area contributed by atoms with Gasteiger partial charge in [0.15, 0.2) is 5.82 Å². The van der Waals surface area contributed by atoms with Gasteiger partial charge in [-0.15, -0.1) is 0 Å². The molecule has 1 aromatic heterocycles. The first-order valence-electron chi connectivity index (χ1n) is 11.4. The number of benzene rings is 2. The molecule has 8 nitrogen and oxygen atoms in total.